The topological polar surface area (TPSA) is 80.3 Å². The van der Waals surface area contributed by atoms with E-state index in [2.05, 4.69) is 27.4 Å². The van der Waals surface area contributed by atoms with E-state index in [1.807, 2.05) is 19.0 Å². The van der Waals surface area contributed by atoms with Crippen molar-refractivity contribution < 1.29 is 9.59 Å². The molecule has 8 nitrogen and oxygen atoms in total. The third-order valence-electron chi connectivity index (χ3n) is 5.23. The van der Waals surface area contributed by atoms with Crippen LogP contribution >= 0.6 is 0 Å². The van der Waals surface area contributed by atoms with Gasteiger partial charge in [0, 0.05) is 20.1 Å². The minimum absolute atomic E-state index is 0.239. The largest absolute Gasteiger partial charge is 0.334 e. The molecule has 0 aromatic rings. The summed E-state index contributed by atoms with van der Waals surface area (Å²) in [5, 5.41) is 5.75. The molecule has 2 rings (SSSR count). The Morgan fingerprint density at radius 2 is 1.74 bits per heavy atom. The molecule has 2 saturated heterocycles. The van der Waals surface area contributed by atoms with E-state index >= 15 is 0 Å². The van der Waals surface area contributed by atoms with Gasteiger partial charge in [-0.15, -0.1) is 0 Å². The lowest BCUT2D eigenvalue weighted by Gasteiger charge is -2.35. The number of amides is 3. The highest BCUT2D eigenvalue weighted by molar-refractivity contribution is 6.04. The molecular formula is C19H36N6O2. The summed E-state index contributed by atoms with van der Waals surface area (Å²) in [6, 6.07) is -0.773. The van der Waals surface area contributed by atoms with Crippen LogP contribution in [-0.2, 0) is 4.79 Å². The number of guanidine groups is 1. The number of nitrogens with zero attached hydrogens (tertiary/aromatic N) is 4. The van der Waals surface area contributed by atoms with Gasteiger partial charge in [-0.1, -0.05) is 45.4 Å². The lowest BCUT2D eigenvalue weighted by atomic mass is 10.1. The summed E-state index contributed by atoms with van der Waals surface area (Å²) in [4.78, 5) is 34.8. The fraction of sp³-hybridized carbons (Fsp3) is 0.842. The second kappa shape index (κ2) is 10.5. The number of nitrogens with one attached hydrogen (secondary N) is 2. The summed E-state index contributed by atoms with van der Waals surface area (Å²) in [6.45, 7) is 4.50. The van der Waals surface area contributed by atoms with Crippen LogP contribution in [0.15, 0.2) is 4.99 Å². The van der Waals surface area contributed by atoms with Crippen LogP contribution in [0.2, 0.25) is 0 Å². The number of rotatable bonds is 11. The summed E-state index contributed by atoms with van der Waals surface area (Å²) in [5.74, 6) is 0.492. The molecule has 0 aromatic heterocycles. The van der Waals surface area contributed by atoms with Crippen LogP contribution < -0.4 is 10.6 Å². The number of carbonyl (C=O) groups is 2. The zero-order valence-corrected chi connectivity index (χ0v) is 17.3. The van der Waals surface area contributed by atoms with E-state index in [4.69, 9.17) is 0 Å². The Morgan fingerprint density at radius 3 is 2.41 bits per heavy atom. The van der Waals surface area contributed by atoms with Gasteiger partial charge < -0.3 is 20.0 Å². The molecule has 0 saturated carbocycles. The smallest absolute Gasteiger partial charge is 0.325 e. The van der Waals surface area contributed by atoms with E-state index < -0.39 is 6.04 Å². The Bertz CT molecular complexity index is 536. The SMILES string of the molecule is CCCCCCCCCN1C(=NCCN(C)C)NC2C1C(=O)NC(=O)N2C. The van der Waals surface area contributed by atoms with Crippen LogP contribution in [0.25, 0.3) is 0 Å². The highest BCUT2D eigenvalue weighted by Crippen LogP contribution is 2.21. The van der Waals surface area contributed by atoms with Crippen molar-refractivity contribution in [2.45, 2.75) is 64.1 Å². The van der Waals surface area contributed by atoms with E-state index in [9.17, 15) is 9.59 Å². The second-order valence-corrected chi connectivity index (χ2v) is 7.76. The van der Waals surface area contributed by atoms with Crippen molar-refractivity contribution in [3.05, 3.63) is 0 Å². The summed E-state index contributed by atoms with van der Waals surface area (Å²) >= 11 is 0. The maximum atomic E-state index is 12.5. The van der Waals surface area contributed by atoms with Gasteiger partial charge >= 0.3 is 6.03 Å². The number of likely N-dealkylation sites (N-methyl/N-ethyl adjacent to an activating group) is 2. The highest BCUT2D eigenvalue weighted by atomic mass is 16.2. The summed E-state index contributed by atoms with van der Waals surface area (Å²) in [5.41, 5.74) is 0. The van der Waals surface area contributed by atoms with E-state index in [1.54, 1.807) is 11.9 Å². The van der Waals surface area contributed by atoms with Crippen LogP contribution in [-0.4, -0.2) is 85.6 Å². The maximum absolute atomic E-state index is 12.5. The second-order valence-electron chi connectivity index (χ2n) is 7.76. The normalized spacial score (nSPS) is 23.8. The number of urea groups is 1. The third-order valence-corrected chi connectivity index (χ3v) is 5.23. The summed E-state index contributed by atoms with van der Waals surface area (Å²) in [6.07, 6.45) is 8.20. The van der Waals surface area contributed by atoms with Gasteiger partial charge in [-0.3, -0.25) is 15.1 Å². The van der Waals surface area contributed by atoms with Gasteiger partial charge in [-0.05, 0) is 20.5 Å². The first-order chi connectivity index (χ1) is 13.0. The molecule has 2 atom stereocenters. The molecular weight excluding hydrogens is 344 g/mol. The van der Waals surface area contributed by atoms with Crippen molar-refractivity contribution in [2.24, 2.45) is 4.99 Å². The molecule has 0 bridgehead atoms. The van der Waals surface area contributed by atoms with Gasteiger partial charge in [0.25, 0.3) is 5.91 Å². The molecule has 2 N–H and O–H groups in total. The Hall–Kier alpha value is -1.83. The quantitative estimate of drug-likeness (QED) is 0.530. The molecule has 154 valence electrons. The Labute approximate surface area is 163 Å². The van der Waals surface area contributed by atoms with Crippen molar-refractivity contribution in [1.29, 1.82) is 0 Å². The average Bonchev–Trinajstić information content (AvgIpc) is 2.98. The van der Waals surface area contributed by atoms with Crippen molar-refractivity contribution in [1.82, 2.24) is 25.3 Å². The predicted molar refractivity (Wildman–Crippen MR) is 108 cm³/mol. The molecule has 0 radical (unpaired) electrons. The van der Waals surface area contributed by atoms with E-state index in [1.165, 1.54) is 32.1 Å². The van der Waals surface area contributed by atoms with E-state index in [0.29, 0.717) is 6.54 Å². The van der Waals surface area contributed by atoms with Crippen molar-refractivity contribution in [3.8, 4) is 0 Å². The lowest BCUT2D eigenvalue weighted by Crippen LogP contribution is -2.64. The number of carbonyl (C=O) groups excluding carboxylic acids is 2. The molecule has 2 heterocycles. The van der Waals surface area contributed by atoms with Crippen LogP contribution in [0.4, 0.5) is 4.79 Å². The van der Waals surface area contributed by atoms with Gasteiger partial charge in [0.15, 0.2) is 12.0 Å². The average molecular weight is 381 g/mol. The Kier molecular flexibility index (Phi) is 8.34. The van der Waals surface area contributed by atoms with E-state index in [-0.39, 0.29) is 18.1 Å². The zero-order chi connectivity index (χ0) is 19.8. The Morgan fingerprint density at radius 1 is 1.07 bits per heavy atom. The molecule has 8 heteroatoms. The molecule has 3 amide bonds. The standard InChI is InChI=1S/C19H36N6O2/c1-5-6-7-8-9-10-11-13-25-15-16(24(4)19(27)22-17(15)26)21-18(25)20-12-14-23(2)3/h15-16H,5-14H2,1-4H3,(H,20,21)(H,22,26,27). The number of hydrogen-bond donors (Lipinski definition) is 2. The monoisotopic (exact) mass is 380 g/mol. The fourth-order valence-corrected chi connectivity index (χ4v) is 3.56. The highest BCUT2D eigenvalue weighted by Gasteiger charge is 2.49. The Balaban J connectivity index is 1.97. The van der Waals surface area contributed by atoms with Crippen molar-refractivity contribution >= 4 is 17.9 Å². The number of aliphatic imine (C=N–C) groups is 1. The molecule has 2 unspecified atom stereocenters. The van der Waals surface area contributed by atoms with Crippen LogP contribution in [0, 0.1) is 0 Å². The van der Waals surface area contributed by atoms with Gasteiger partial charge in [0.2, 0.25) is 0 Å². The van der Waals surface area contributed by atoms with Crippen LogP contribution in [0.3, 0.4) is 0 Å². The summed E-state index contributed by atoms with van der Waals surface area (Å²) < 4.78 is 0. The first-order valence-corrected chi connectivity index (χ1v) is 10.3. The molecule has 2 fully saturated rings. The van der Waals surface area contributed by atoms with Gasteiger partial charge in [-0.25, -0.2) is 4.79 Å². The molecule has 0 aromatic carbocycles. The minimum atomic E-state index is -0.411. The minimum Gasteiger partial charge on any atom is -0.334 e. The van der Waals surface area contributed by atoms with Gasteiger partial charge in [0.1, 0.15) is 6.17 Å². The molecule has 0 aliphatic carbocycles. The molecule has 0 spiro atoms. The predicted octanol–water partition coefficient (Wildman–Crippen LogP) is 1.44. The molecule has 2 aliphatic heterocycles. The van der Waals surface area contributed by atoms with Crippen molar-refractivity contribution in [3.63, 3.8) is 0 Å². The number of imide groups is 1. The third kappa shape index (κ3) is 5.82. The number of hydrogen-bond acceptors (Lipinski definition) is 4. The molecule has 2 aliphatic rings. The summed E-state index contributed by atoms with van der Waals surface area (Å²) in [7, 11) is 5.73. The van der Waals surface area contributed by atoms with E-state index in [0.717, 1.165) is 31.9 Å². The maximum Gasteiger partial charge on any atom is 0.325 e. The first kappa shape index (κ1) is 21.5. The first-order valence-electron chi connectivity index (χ1n) is 10.3. The fourth-order valence-electron chi connectivity index (χ4n) is 3.56. The number of fused-ring (bicyclic) bond motifs is 1. The number of unbranched alkanes of at least 4 members (excludes halogenated alkanes) is 6. The van der Waals surface area contributed by atoms with Crippen molar-refractivity contribution in [2.75, 3.05) is 40.8 Å². The van der Waals surface area contributed by atoms with Crippen LogP contribution in [0.5, 0.6) is 0 Å². The lowest BCUT2D eigenvalue weighted by molar-refractivity contribution is -0.127. The molecule has 27 heavy (non-hydrogen) atoms. The van der Waals surface area contributed by atoms with Gasteiger partial charge in [-0.2, -0.15) is 0 Å². The van der Waals surface area contributed by atoms with Gasteiger partial charge in [0.05, 0.1) is 6.54 Å². The van der Waals surface area contributed by atoms with Crippen LogP contribution in [0.1, 0.15) is 51.9 Å². The zero-order valence-electron chi connectivity index (χ0n) is 17.3.